The van der Waals surface area contributed by atoms with E-state index in [9.17, 15) is 0 Å². The Hall–Kier alpha value is 0.272. The van der Waals surface area contributed by atoms with E-state index in [1.165, 1.54) is 15.8 Å². The summed E-state index contributed by atoms with van der Waals surface area (Å²) in [6.07, 6.45) is 4.50. The van der Waals surface area contributed by atoms with E-state index in [1.807, 2.05) is 0 Å². The first-order valence-electron chi connectivity index (χ1n) is 3.96. The predicted molar refractivity (Wildman–Crippen MR) is 46.3 cm³/mol. The molecule has 0 aliphatic rings. The van der Waals surface area contributed by atoms with E-state index >= 15 is 0 Å². The minimum absolute atomic E-state index is 0.297. The average Bonchev–Trinajstić information content (AvgIpc) is 1.91. The number of hydrogen-bond donors (Lipinski definition) is 0. The Morgan fingerprint density at radius 2 is 1.78 bits per heavy atom. The molecule has 0 heterocycles. The van der Waals surface area contributed by atoms with Crippen molar-refractivity contribution in [2.75, 3.05) is 0 Å². The molecule has 0 N–H and O–H groups in total. The first-order chi connectivity index (χ1) is 4.35. The Balaban J connectivity index is 3.31. The second-order valence-electron chi connectivity index (χ2n) is 2.49. The van der Waals surface area contributed by atoms with E-state index in [0.29, 0.717) is 0 Å². The van der Waals surface area contributed by atoms with Crippen LogP contribution in [-0.2, 0) is 0 Å². The zero-order valence-corrected chi connectivity index (χ0v) is 8.01. The molecule has 0 radical (unpaired) electrons. The molecule has 0 atom stereocenters. The van der Waals surface area contributed by atoms with Gasteiger partial charge in [-0.3, -0.25) is 0 Å². The normalized spacial score (nSPS) is 10.6. The Bertz CT molecular complexity index is 72.6. The third kappa shape index (κ3) is 4.76. The van der Waals surface area contributed by atoms with Crippen LogP contribution < -0.4 is 0 Å². The molecule has 0 nitrogen and oxygen atoms in total. The zero-order valence-electron chi connectivity index (χ0n) is 6.85. The molecule has 0 amide bonds. The summed E-state index contributed by atoms with van der Waals surface area (Å²) >= 11 is -0.297. The fourth-order valence-corrected chi connectivity index (χ4v) is 2.85. The van der Waals surface area contributed by atoms with Crippen molar-refractivity contribution in [3.63, 3.8) is 0 Å². The third-order valence-electron chi connectivity index (χ3n) is 1.86. The largest absolute Gasteiger partial charge is 0.265 e. The van der Waals surface area contributed by atoms with E-state index < -0.39 is 0 Å². The standard InChI is InChI=1S/C4H7.2C2H5.Al/c1-3-4-2;2*1-2;/h3-4H,1H2,2H3;2*1H2,2H3;. The lowest BCUT2D eigenvalue weighted by Gasteiger charge is -1.99. The number of hydrogen-bond acceptors (Lipinski definition) is 0. The Labute approximate surface area is 63.4 Å². The maximum absolute atomic E-state index is 2.32. The summed E-state index contributed by atoms with van der Waals surface area (Å²) in [5.74, 6) is 0. The Morgan fingerprint density at radius 1 is 1.22 bits per heavy atom. The molecule has 0 bridgehead atoms. The van der Waals surface area contributed by atoms with Crippen molar-refractivity contribution in [2.24, 2.45) is 0 Å². The molecule has 0 saturated carbocycles. The minimum Gasteiger partial charge on any atom is -0.102 e. The maximum atomic E-state index is 2.32. The highest BCUT2D eigenvalue weighted by atomic mass is 27.2. The summed E-state index contributed by atoms with van der Waals surface area (Å²) < 4.78 is 0. The van der Waals surface area contributed by atoms with Gasteiger partial charge in [0.05, 0.1) is 0 Å². The Kier molecular flexibility index (Phi) is 6.59. The quantitative estimate of drug-likeness (QED) is 0.416. The highest BCUT2D eigenvalue weighted by Gasteiger charge is 2.07. The molecule has 9 heavy (non-hydrogen) atoms. The topological polar surface area (TPSA) is 0 Å². The molecule has 1 heteroatoms. The minimum atomic E-state index is -0.297. The van der Waals surface area contributed by atoms with Gasteiger partial charge in [-0.25, -0.2) is 0 Å². The van der Waals surface area contributed by atoms with Gasteiger partial charge in [0, 0.05) is 0 Å². The molecule has 0 aromatic rings. The summed E-state index contributed by atoms with van der Waals surface area (Å²) in [4.78, 5) is 0. The van der Waals surface area contributed by atoms with Gasteiger partial charge in [-0.05, 0) is 6.92 Å². The van der Waals surface area contributed by atoms with Crippen LogP contribution in [0.15, 0.2) is 12.2 Å². The van der Waals surface area contributed by atoms with Gasteiger partial charge in [-0.2, -0.15) is 0 Å². The van der Waals surface area contributed by atoms with Gasteiger partial charge in [0.15, 0.2) is 0 Å². The number of allylic oxidation sites excluding steroid dienone is 2. The summed E-state index contributed by atoms with van der Waals surface area (Å²) in [7, 11) is 0. The van der Waals surface area contributed by atoms with E-state index in [1.54, 1.807) is 0 Å². The first kappa shape index (κ1) is 9.27. The lowest BCUT2D eigenvalue weighted by atomic mass is 10.6. The van der Waals surface area contributed by atoms with Crippen LogP contribution in [0.3, 0.4) is 0 Å². The number of rotatable bonds is 4. The van der Waals surface area contributed by atoms with Gasteiger partial charge >= 0.3 is 0 Å². The third-order valence-corrected chi connectivity index (χ3v) is 5.11. The second kappa shape index (κ2) is 6.39. The van der Waals surface area contributed by atoms with Crippen LogP contribution in [0, 0.1) is 0 Å². The van der Waals surface area contributed by atoms with Crippen LogP contribution in [-0.4, -0.2) is 14.1 Å². The van der Waals surface area contributed by atoms with Gasteiger partial charge in [0.2, 0.25) is 0 Å². The molecule has 0 saturated heterocycles. The molecule has 0 aromatic carbocycles. The van der Waals surface area contributed by atoms with Crippen LogP contribution in [0.5, 0.6) is 0 Å². The molecule has 0 aliphatic heterocycles. The molecule has 0 aliphatic carbocycles. The lowest BCUT2D eigenvalue weighted by molar-refractivity contribution is 1.28. The molecule has 52 valence electrons. The summed E-state index contributed by atoms with van der Waals surface area (Å²) in [6, 6.07) is 0. The van der Waals surface area contributed by atoms with E-state index in [0.717, 1.165) is 0 Å². The van der Waals surface area contributed by atoms with Crippen molar-refractivity contribution in [2.45, 2.75) is 36.6 Å². The molecule has 0 fully saturated rings. The van der Waals surface area contributed by atoms with Crippen LogP contribution in [0.25, 0.3) is 0 Å². The van der Waals surface area contributed by atoms with Crippen LogP contribution in [0.2, 0.25) is 15.8 Å². The fourth-order valence-electron chi connectivity index (χ4n) is 0.951. The van der Waals surface area contributed by atoms with Gasteiger partial charge in [0.25, 0.3) is 14.1 Å². The van der Waals surface area contributed by atoms with Crippen molar-refractivity contribution in [1.29, 1.82) is 0 Å². The van der Waals surface area contributed by atoms with Crippen LogP contribution in [0.4, 0.5) is 0 Å². The van der Waals surface area contributed by atoms with Crippen molar-refractivity contribution < 1.29 is 0 Å². The molecular formula is C8H17Al. The lowest BCUT2D eigenvalue weighted by Crippen LogP contribution is -2.05. The highest BCUT2D eigenvalue weighted by Crippen LogP contribution is 2.04. The first-order valence-corrected chi connectivity index (χ1v) is 6.41. The van der Waals surface area contributed by atoms with Crippen molar-refractivity contribution in [3.05, 3.63) is 12.2 Å². The predicted octanol–water partition coefficient (Wildman–Crippen LogP) is 3.10. The van der Waals surface area contributed by atoms with E-state index in [2.05, 4.69) is 32.9 Å². The van der Waals surface area contributed by atoms with Crippen molar-refractivity contribution in [1.82, 2.24) is 0 Å². The molecule has 0 spiro atoms. The highest BCUT2D eigenvalue weighted by molar-refractivity contribution is 6.59. The van der Waals surface area contributed by atoms with Gasteiger partial charge in [-0.15, -0.1) is 6.08 Å². The summed E-state index contributed by atoms with van der Waals surface area (Å²) in [5, 5.41) is 4.32. The SMILES string of the molecule is CC=C[CH2][Al]([CH2]C)[CH2]C. The van der Waals surface area contributed by atoms with Crippen molar-refractivity contribution >= 4 is 14.1 Å². The van der Waals surface area contributed by atoms with Crippen molar-refractivity contribution in [3.8, 4) is 0 Å². The molecule has 0 unspecified atom stereocenters. The fraction of sp³-hybridized carbons (Fsp3) is 0.750. The molecular weight excluding hydrogens is 123 g/mol. The van der Waals surface area contributed by atoms with E-state index in [4.69, 9.17) is 0 Å². The van der Waals surface area contributed by atoms with Crippen LogP contribution in [0.1, 0.15) is 20.8 Å². The summed E-state index contributed by atoms with van der Waals surface area (Å²) in [5.41, 5.74) is 0. The van der Waals surface area contributed by atoms with Crippen LogP contribution >= 0.6 is 0 Å². The smallest absolute Gasteiger partial charge is 0.102 e. The van der Waals surface area contributed by atoms with Gasteiger partial charge in [-0.1, -0.05) is 35.8 Å². The molecule has 0 rings (SSSR count). The zero-order chi connectivity index (χ0) is 7.11. The van der Waals surface area contributed by atoms with Gasteiger partial charge in [0.1, 0.15) is 0 Å². The average molecular weight is 140 g/mol. The van der Waals surface area contributed by atoms with Gasteiger partial charge < -0.3 is 0 Å². The monoisotopic (exact) mass is 140 g/mol. The second-order valence-corrected chi connectivity index (χ2v) is 6.32. The Morgan fingerprint density at radius 3 is 2.11 bits per heavy atom. The summed E-state index contributed by atoms with van der Waals surface area (Å²) in [6.45, 7) is 6.75. The molecule has 0 aromatic heterocycles. The van der Waals surface area contributed by atoms with E-state index in [-0.39, 0.29) is 14.1 Å². The maximum Gasteiger partial charge on any atom is 0.265 e.